The fourth-order valence-electron chi connectivity index (χ4n) is 3.39. The number of nitrogens with zero attached hydrogens (tertiary/aromatic N) is 1. The van der Waals surface area contributed by atoms with Crippen molar-refractivity contribution in [3.05, 3.63) is 29.8 Å². The molecule has 1 N–H and O–H groups in total. The summed E-state index contributed by atoms with van der Waals surface area (Å²) >= 11 is 0. The molecule has 2 fully saturated rings. The van der Waals surface area contributed by atoms with E-state index in [-0.39, 0.29) is 24.1 Å². The normalized spacial score (nSPS) is 19.7. The van der Waals surface area contributed by atoms with Crippen LogP contribution in [0.15, 0.2) is 24.3 Å². The van der Waals surface area contributed by atoms with Gasteiger partial charge in [-0.05, 0) is 49.4 Å². The number of hydrogen-bond donors (Lipinski definition) is 1. The number of alkyl halides is 2. The fourth-order valence-corrected chi connectivity index (χ4v) is 3.39. The Labute approximate surface area is 140 Å². The van der Waals surface area contributed by atoms with Crippen molar-refractivity contribution >= 4 is 18.3 Å². The molecule has 2 saturated heterocycles. The first-order valence-corrected chi connectivity index (χ1v) is 7.63. The summed E-state index contributed by atoms with van der Waals surface area (Å²) < 4.78 is 28.9. The molecule has 23 heavy (non-hydrogen) atoms. The molecule has 0 saturated carbocycles. The van der Waals surface area contributed by atoms with E-state index in [2.05, 4.69) is 10.1 Å². The number of ether oxygens (including phenoxy) is 1. The van der Waals surface area contributed by atoms with Crippen LogP contribution in [0.1, 0.15) is 29.6 Å². The molecule has 3 rings (SSSR count). The number of benzene rings is 1. The molecular formula is C16H21ClF2N2O2. The lowest BCUT2D eigenvalue weighted by molar-refractivity contribution is -0.0499. The predicted molar refractivity (Wildman–Crippen MR) is 85.4 cm³/mol. The van der Waals surface area contributed by atoms with E-state index >= 15 is 0 Å². The Morgan fingerprint density at radius 3 is 2.61 bits per heavy atom. The lowest BCUT2D eigenvalue weighted by atomic mass is 9.78. The van der Waals surface area contributed by atoms with Gasteiger partial charge in [-0.3, -0.25) is 4.79 Å². The minimum absolute atomic E-state index is 0. The highest BCUT2D eigenvalue weighted by Crippen LogP contribution is 2.37. The zero-order valence-electron chi connectivity index (χ0n) is 12.8. The zero-order valence-corrected chi connectivity index (χ0v) is 13.6. The van der Waals surface area contributed by atoms with E-state index in [9.17, 15) is 13.6 Å². The van der Waals surface area contributed by atoms with Crippen molar-refractivity contribution in [1.82, 2.24) is 10.2 Å². The molecule has 2 aliphatic rings. The Hall–Kier alpha value is -1.40. The molecule has 0 bridgehead atoms. The minimum Gasteiger partial charge on any atom is -0.435 e. The molecule has 1 spiro atoms. The molecule has 2 aliphatic heterocycles. The maximum atomic E-state index is 12.5. The second-order valence-electron chi connectivity index (χ2n) is 6.13. The first-order chi connectivity index (χ1) is 10.6. The van der Waals surface area contributed by atoms with E-state index in [1.807, 2.05) is 4.90 Å². The maximum Gasteiger partial charge on any atom is 0.387 e. The number of rotatable bonds is 3. The average Bonchev–Trinajstić information content (AvgIpc) is 2.95. The molecule has 128 valence electrons. The Bertz CT molecular complexity index is 541. The van der Waals surface area contributed by atoms with Crippen molar-refractivity contribution in [3.8, 4) is 5.75 Å². The molecular weight excluding hydrogens is 326 g/mol. The van der Waals surface area contributed by atoms with E-state index in [1.54, 1.807) is 12.1 Å². The Morgan fingerprint density at radius 2 is 2.00 bits per heavy atom. The summed E-state index contributed by atoms with van der Waals surface area (Å²) in [6, 6.07) is 6.02. The third-order valence-corrected chi connectivity index (χ3v) is 4.75. The Kier molecular flexibility index (Phi) is 5.81. The van der Waals surface area contributed by atoms with E-state index in [4.69, 9.17) is 0 Å². The summed E-state index contributed by atoms with van der Waals surface area (Å²) in [5.74, 6) is -0.0881. The third-order valence-electron chi connectivity index (χ3n) is 4.75. The summed E-state index contributed by atoms with van der Waals surface area (Å²) in [5.41, 5.74) is 0.746. The van der Waals surface area contributed by atoms with Crippen LogP contribution in [0.25, 0.3) is 0 Å². The Balaban J connectivity index is 0.00000192. The molecule has 0 unspecified atom stereocenters. The monoisotopic (exact) mass is 346 g/mol. The van der Waals surface area contributed by atoms with Crippen LogP contribution in [0.3, 0.4) is 0 Å². The number of piperidine rings is 1. The van der Waals surface area contributed by atoms with Gasteiger partial charge in [-0.1, -0.05) is 6.07 Å². The van der Waals surface area contributed by atoms with E-state index in [1.165, 1.54) is 18.6 Å². The number of likely N-dealkylation sites (tertiary alicyclic amines) is 1. The van der Waals surface area contributed by atoms with Crippen molar-refractivity contribution in [2.75, 3.05) is 26.2 Å². The van der Waals surface area contributed by atoms with Gasteiger partial charge in [0, 0.05) is 25.2 Å². The van der Waals surface area contributed by atoms with Gasteiger partial charge in [-0.2, -0.15) is 8.78 Å². The number of nitrogens with one attached hydrogen (secondary N) is 1. The summed E-state index contributed by atoms with van der Waals surface area (Å²) in [5, 5.41) is 3.39. The molecule has 1 amide bonds. The highest BCUT2D eigenvalue weighted by Gasteiger charge is 2.38. The summed E-state index contributed by atoms with van der Waals surface area (Å²) in [7, 11) is 0. The van der Waals surface area contributed by atoms with E-state index in [0.29, 0.717) is 11.0 Å². The van der Waals surface area contributed by atoms with Gasteiger partial charge >= 0.3 is 6.61 Å². The number of carbonyl (C=O) groups excluding carboxylic acids is 1. The summed E-state index contributed by atoms with van der Waals surface area (Å²) in [4.78, 5) is 14.3. The highest BCUT2D eigenvalue weighted by atomic mass is 35.5. The largest absolute Gasteiger partial charge is 0.435 e. The van der Waals surface area contributed by atoms with E-state index in [0.717, 1.165) is 39.0 Å². The standard InChI is InChI=1S/C16H20F2N2O2.ClH/c17-15(18)22-13-3-1-2-12(10-13)14(21)20-8-5-16(6-9-20)4-7-19-11-16;/h1-3,10,15,19H,4-9,11H2;1H. The number of hydrogen-bond acceptors (Lipinski definition) is 3. The van der Waals surface area contributed by atoms with Crippen molar-refractivity contribution in [2.45, 2.75) is 25.9 Å². The van der Waals surface area contributed by atoms with Crippen LogP contribution in [0.5, 0.6) is 5.75 Å². The van der Waals surface area contributed by atoms with Crippen LogP contribution >= 0.6 is 12.4 Å². The molecule has 0 radical (unpaired) electrons. The van der Waals surface area contributed by atoms with Gasteiger partial charge in [0.05, 0.1) is 0 Å². The molecule has 1 aromatic rings. The van der Waals surface area contributed by atoms with Crippen LogP contribution in [0.2, 0.25) is 0 Å². The molecule has 7 heteroatoms. The van der Waals surface area contributed by atoms with Crippen LogP contribution in [0.4, 0.5) is 8.78 Å². The third kappa shape index (κ3) is 4.12. The molecule has 0 aromatic heterocycles. The first-order valence-electron chi connectivity index (χ1n) is 7.63. The molecule has 0 atom stereocenters. The van der Waals surface area contributed by atoms with Gasteiger partial charge in [-0.25, -0.2) is 0 Å². The zero-order chi connectivity index (χ0) is 15.6. The second-order valence-corrected chi connectivity index (χ2v) is 6.13. The fraction of sp³-hybridized carbons (Fsp3) is 0.562. The van der Waals surface area contributed by atoms with Gasteiger partial charge in [-0.15, -0.1) is 12.4 Å². The summed E-state index contributed by atoms with van der Waals surface area (Å²) in [6.07, 6.45) is 3.17. The van der Waals surface area contributed by atoms with Crippen LogP contribution in [-0.4, -0.2) is 43.6 Å². The summed E-state index contributed by atoms with van der Waals surface area (Å²) in [6.45, 7) is 0.657. The maximum absolute atomic E-state index is 12.5. The average molecular weight is 347 g/mol. The number of amides is 1. The van der Waals surface area contributed by atoms with Crippen LogP contribution < -0.4 is 10.1 Å². The van der Waals surface area contributed by atoms with Gasteiger partial charge in [0.25, 0.3) is 5.91 Å². The van der Waals surface area contributed by atoms with Crippen molar-refractivity contribution in [3.63, 3.8) is 0 Å². The van der Waals surface area contributed by atoms with Crippen LogP contribution in [0, 0.1) is 5.41 Å². The molecule has 0 aliphatic carbocycles. The Morgan fingerprint density at radius 1 is 1.26 bits per heavy atom. The van der Waals surface area contributed by atoms with Crippen LogP contribution in [-0.2, 0) is 0 Å². The predicted octanol–water partition coefficient (Wildman–Crippen LogP) is 2.93. The molecule has 2 heterocycles. The van der Waals surface area contributed by atoms with Crippen molar-refractivity contribution in [1.29, 1.82) is 0 Å². The number of carbonyl (C=O) groups is 1. The SMILES string of the molecule is Cl.O=C(c1cccc(OC(F)F)c1)N1CCC2(CCNC2)CC1. The first kappa shape index (κ1) is 17.9. The van der Waals surface area contributed by atoms with Crippen molar-refractivity contribution < 1.29 is 18.3 Å². The smallest absolute Gasteiger partial charge is 0.387 e. The minimum atomic E-state index is -2.88. The lowest BCUT2D eigenvalue weighted by Gasteiger charge is -2.38. The highest BCUT2D eigenvalue weighted by molar-refractivity contribution is 5.94. The molecule has 4 nitrogen and oxygen atoms in total. The second kappa shape index (κ2) is 7.45. The van der Waals surface area contributed by atoms with E-state index < -0.39 is 6.61 Å². The number of halogens is 3. The lowest BCUT2D eigenvalue weighted by Crippen LogP contribution is -2.44. The van der Waals surface area contributed by atoms with Gasteiger partial charge in [0.2, 0.25) is 0 Å². The molecule has 1 aromatic carbocycles. The quantitative estimate of drug-likeness (QED) is 0.915. The topological polar surface area (TPSA) is 41.6 Å². The van der Waals surface area contributed by atoms with Gasteiger partial charge in [0.1, 0.15) is 5.75 Å². The van der Waals surface area contributed by atoms with Gasteiger partial charge < -0.3 is 15.0 Å². The van der Waals surface area contributed by atoms with Crippen molar-refractivity contribution in [2.24, 2.45) is 5.41 Å². The van der Waals surface area contributed by atoms with Gasteiger partial charge in [0.15, 0.2) is 0 Å².